The predicted octanol–water partition coefficient (Wildman–Crippen LogP) is 1.73. The van der Waals surface area contributed by atoms with Crippen LogP contribution in [0.2, 0.25) is 0 Å². The van der Waals surface area contributed by atoms with E-state index in [1.54, 1.807) is 0 Å². The number of halogens is 2. The predicted molar refractivity (Wildman–Crippen MR) is 57.9 cm³/mol. The number of nitrogens with two attached hydrogens (primary N) is 1. The van der Waals surface area contributed by atoms with Crippen LogP contribution in [0.25, 0.3) is 0 Å². The molecule has 0 spiro atoms. The maximum absolute atomic E-state index is 11.0. The minimum atomic E-state index is -3.74. The van der Waals surface area contributed by atoms with Crippen LogP contribution in [0.3, 0.4) is 0 Å². The number of hydrogen-bond acceptors (Lipinski definition) is 3. The summed E-state index contributed by atoms with van der Waals surface area (Å²) in [5, 5.41) is 13.6. The molecule has 0 fully saturated rings. The molecular formula is C7H4Br2N2O2S. The monoisotopic (exact) mass is 338 g/mol. The highest BCUT2D eigenvalue weighted by Gasteiger charge is 2.13. The number of primary sulfonamides is 1. The van der Waals surface area contributed by atoms with E-state index >= 15 is 0 Å². The molecule has 1 aromatic carbocycles. The zero-order valence-corrected chi connectivity index (χ0v) is 10.6. The lowest BCUT2D eigenvalue weighted by molar-refractivity contribution is 0.597. The molecule has 0 amide bonds. The van der Waals surface area contributed by atoms with Crippen LogP contribution in [0.5, 0.6) is 0 Å². The average molecular weight is 340 g/mol. The highest BCUT2D eigenvalue weighted by atomic mass is 79.9. The van der Waals surface area contributed by atoms with Gasteiger partial charge in [0.1, 0.15) is 6.07 Å². The molecule has 0 saturated carbocycles. The lowest BCUT2D eigenvalue weighted by atomic mass is 10.2. The quantitative estimate of drug-likeness (QED) is 0.845. The van der Waals surface area contributed by atoms with Crippen molar-refractivity contribution < 1.29 is 8.42 Å². The number of hydrogen-bond donors (Lipinski definition) is 1. The first kappa shape index (κ1) is 11.7. The molecule has 14 heavy (non-hydrogen) atoms. The van der Waals surface area contributed by atoms with E-state index in [0.717, 1.165) is 0 Å². The summed E-state index contributed by atoms with van der Waals surface area (Å²) in [7, 11) is -3.74. The standard InChI is InChI=1S/C7H4Br2N2O2S/c8-6-1-4(14(11,12)13)2-7(9)5(6)3-10/h1-2H,(H2,11,12,13). The van der Waals surface area contributed by atoms with E-state index in [-0.39, 0.29) is 4.90 Å². The van der Waals surface area contributed by atoms with Crippen LogP contribution in [0.1, 0.15) is 5.56 Å². The summed E-state index contributed by atoms with van der Waals surface area (Å²) in [4.78, 5) is -0.0461. The van der Waals surface area contributed by atoms with Gasteiger partial charge in [-0.1, -0.05) is 0 Å². The maximum Gasteiger partial charge on any atom is 0.238 e. The molecule has 0 saturated heterocycles. The van der Waals surface area contributed by atoms with E-state index in [9.17, 15) is 8.42 Å². The molecule has 0 atom stereocenters. The lowest BCUT2D eigenvalue weighted by Crippen LogP contribution is -2.12. The van der Waals surface area contributed by atoms with Gasteiger partial charge in [-0.3, -0.25) is 0 Å². The van der Waals surface area contributed by atoms with E-state index in [1.807, 2.05) is 6.07 Å². The second-order valence-electron chi connectivity index (χ2n) is 2.42. The summed E-state index contributed by atoms with van der Waals surface area (Å²) in [5.74, 6) is 0. The van der Waals surface area contributed by atoms with Crippen molar-refractivity contribution in [3.05, 3.63) is 26.6 Å². The Balaban J connectivity index is 3.53. The van der Waals surface area contributed by atoms with Crippen molar-refractivity contribution in [2.75, 3.05) is 0 Å². The molecule has 1 aromatic rings. The number of nitriles is 1. The van der Waals surface area contributed by atoms with Crippen LogP contribution >= 0.6 is 31.9 Å². The van der Waals surface area contributed by atoms with Gasteiger partial charge in [0, 0.05) is 8.95 Å². The second kappa shape index (κ2) is 3.98. The van der Waals surface area contributed by atoms with Gasteiger partial charge in [0.05, 0.1) is 10.5 Å². The smallest absolute Gasteiger partial charge is 0.225 e. The Morgan fingerprint density at radius 1 is 1.29 bits per heavy atom. The Morgan fingerprint density at radius 2 is 1.71 bits per heavy atom. The largest absolute Gasteiger partial charge is 0.238 e. The zero-order valence-electron chi connectivity index (χ0n) is 6.66. The second-order valence-corrected chi connectivity index (χ2v) is 5.69. The highest BCUT2D eigenvalue weighted by molar-refractivity contribution is 9.11. The Hall–Kier alpha value is -0.420. The fourth-order valence-electron chi connectivity index (χ4n) is 0.821. The van der Waals surface area contributed by atoms with Gasteiger partial charge >= 0.3 is 0 Å². The van der Waals surface area contributed by atoms with Gasteiger partial charge in [-0.15, -0.1) is 0 Å². The fraction of sp³-hybridized carbons (Fsp3) is 0. The molecule has 0 aliphatic heterocycles. The lowest BCUT2D eigenvalue weighted by Gasteiger charge is -2.02. The van der Waals surface area contributed by atoms with Gasteiger partial charge in [-0.25, -0.2) is 13.6 Å². The molecule has 0 radical (unpaired) electrons. The highest BCUT2D eigenvalue weighted by Crippen LogP contribution is 2.27. The Labute approximate surface area is 98.0 Å². The molecule has 0 aliphatic rings. The van der Waals surface area contributed by atoms with Crippen molar-refractivity contribution in [2.45, 2.75) is 4.90 Å². The van der Waals surface area contributed by atoms with Crippen LogP contribution in [0, 0.1) is 11.3 Å². The Morgan fingerprint density at radius 3 is 2.00 bits per heavy atom. The molecule has 0 heterocycles. The maximum atomic E-state index is 11.0. The molecule has 0 unspecified atom stereocenters. The fourth-order valence-corrected chi connectivity index (χ4v) is 3.05. The Kier molecular flexibility index (Phi) is 3.32. The molecule has 7 heteroatoms. The van der Waals surface area contributed by atoms with Crippen molar-refractivity contribution in [1.82, 2.24) is 0 Å². The summed E-state index contributed by atoms with van der Waals surface area (Å²) in [6.07, 6.45) is 0. The van der Waals surface area contributed by atoms with Crippen LogP contribution in [-0.2, 0) is 10.0 Å². The third-order valence-electron chi connectivity index (χ3n) is 1.46. The first-order valence-electron chi connectivity index (χ1n) is 3.28. The first-order chi connectivity index (χ1) is 6.36. The number of rotatable bonds is 1. The van der Waals surface area contributed by atoms with E-state index in [1.165, 1.54) is 12.1 Å². The van der Waals surface area contributed by atoms with Crippen LogP contribution in [0.4, 0.5) is 0 Å². The van der Waals surface area contributed by atoms with Crippen LogP contribution in [-0.4, -0.2) is 8.42 Å². The third-order valence-corrected chi connectivity index (χ3v) is 3.60. The molecule has 0 aliphatic carbocycles. The molecule has 74 valence electrons. The average Bonchev–Trinajstić information content (AvgIpc) is 2.01. The molecule has 0 bridgehead atoms. The van der Waals surface area contributed by atoms with Crippen molar-refractivity contribution in [3.63, 3.8) is 0 Å². The molecule has 1 rings (SSSR count). The summed E-state index contributed by atoms with van der Waals surface area (Å²) in [6.45, 7) is 0. The summed E-state index contributed by atoms with van der Waals surface area (Å²) >= 11 is 6.16. The normalized spacial score (nSPS) is 11.0. The summed E-state index contributed by atoms with van der Waals surface area (Å²) < 4.78 is 22.8. The number of benzene rings is 1. The molecular weight excluding hydrogens is 336 g/mol. The number of sulfonamides is 1. The topological polar surface area (TPSA) is 83.9 Å². The summed E-state index contributed by atoms with van der Waals surface area (Å²) in [6, 6.07) is 4.49. The van der Waals surface area contributed by atoms with Crippen molar-refractivity contribution in [3.8, 4) is 6.07 Å². The zero-order chi connectivity index (χ0) is 10.9. The third kappa shape index (κ3) is 2.33. The number of nitrogens with zero attached hydrogens (tertiary/aromatic N) is 1. The van der Waals surface area contributed by atoms with Gasteiger partial charge in [0.15, 0.2) is 0 Å². The minimum absolute atomic E-state index is 0.0461. The van der Waals surface area contributed by atoms with Gasteiger partial charge in [-0.05, 0) is 44.0 Å². The Bertz CT molecular complexity index is 496. The van der Waals surface area contributed by atoms with Crippen molar-refractivity contribution in [1.29, 1.82) is 5.26 Å². The van der Waals surface area contributed by atoms with Crippen molar-refractivity contribution >= 4 is 41.9 Å². The van der Waals surface area contributed by atoms with E-state index in [4.69, 9.17) is 10.4 Å². The molecule has 4 nitrogen and oxygen atoms in total. The van der Waals surface area contributed by atoms with E-state index in [0.29, 0.717) is 14.5 Å². The molecule has 0 aromatic heterocycles. The SMILES string of the molecule is N#Cc1c(Br)cc(S(N)(=O)=O)cc1Br. The first-order valence-corrected chi connectivity index (χ1v) is 6.41. The molecule has 2 N–H and O–H groups in total. The van der Waals surface area contributed by atoms with E-state index in [2.05, 4.69) is 31.9 Å². The van der Waals surface area contributed by atoms with Crippen molar-refractivity contribution in [2.24, 2.45) is 5.14 Å². The van der Waals surface area contributed by atoms with Crippen LogP contribution < -0.4 is 5.14 Å². The van der Waals surface area contributed by atoms with Gasteiger partial charge in [0.2, 0.25) is 10.0 Å². The summed E-state index contributed by atoms with van der Waals surface area (Å²) in [5.41, 5.74) is 0.331. The van der Waals surface area contributed by atoms with E-state index < -0.39 is 10.0 Å². The van der Waals surface area contributed by atoms with Gasteiger partial charge < -0.3 is 0 Å². The van der Waals surface area contributed by atoms with Crippen LogP contribution in [0.15, 0.2) is 26.0 Å². The van der Waals surface area contributed by atoms with Gasteiger partial charge in [0.25, 0.3) is 0 Å². The van der Waals surface area contributed by atoms with Gasteiger partial charge in [-0.2, -0.15) is 5.26 Å². The minimum Gasteiger partial charge on any atom is -0.225 e.